The number of likely N-dealkylation sites (N-methyl/N-ethyl adjacent to an activating group) is 1. The fourth-order valence-electron chi connectivity index (χ4n) is 8.06. The number of carbonyl (C=O) groups is 2. The lowest BCUT2D eigenvalue weighted by atomic mass is 9.72. The average molecular weight is 690 g/mol. The van der Waals surface area contributed by atoms with Crippen molar-refractivity contribution in [1.29, 1.82) is 0 Å². The van der Waals surface area contributed by atoms with Gasteiger partial charge in [-0.05, 0) is 67.3 Å². The fourth-order valence-corrected chi connectivity index (χ4v) is 8.06. The largest absolute Gasteiger partial charge is 0.459 e. The van der Waals surface area contributed by atoms with Crippen molar-refractivity contribution in [2.75, 3.05) is 14.2 Å². The summed E-state index contributed by atoms with van der Waals surface area (Å²) in [6.07, 6.45) is -7.87. The molecule has 0 aromatic carbocycles. The van der Waals surface area contributed by atoms with Gasteiger partial charge in [-0.25, -0.2) is 0 Å². The number of rotatable bonds is 6. The molecule has 3 aliphatic rings. The first-order chi connectivity index (χ1) is 22.1. The molecule has 280 valence electrons. The van der Waals surface area contributed by atoms with E-state index in [1.54, 1.807) is 48.6 Å². The molecule has 3 saturated heterocycles. The SMILES string of the molecule is CC[C@H]1OC(=O)[C@H](C)[C@@H](C2C[C@@](C)(OC)[C@@H](O)[C@H](C)O2)C[C@@H](O[C@@H]2O[C@H](C)C[C@H](NC)[C@H]2O)[C@](C)(O)C[C@@H](C)C(=O)[C@H](C)[C@@H](O)[C@]1(C)O. The number of hydrogen-bond acceptors (Lipinski definition) is 13. The smallest absolute Gasteiger partial charge is 0.309 e. The number of cyclic esters (lactones) is 1. The fraction of sp³-hybridized carbons (Fsp3) is 0.943. The zero-order valence-electron chi connectivity index (χ0n) is 30.7. The minimum Gasteiger partial charge on any atom is -0.459 e. The number of ketones is 1. The van der Waals surface area contributed by atoms with E-state index in [4.69, 9.17) is 23.7 Å². The third-order valence-electron chi connectivity index (χ3n) is 11.5. The molecule has 0 aliphatic carbocycles. The van der Waals surface area contributed by atoms with E-state index in [1.165, 1.54) is 21.0 Å². The first-order valence-electron chi connectivity index (χ1n) is 17.6. The van der Waals surface area contributed by atoms with Crippen LogP contribution in [0.15, 0.2) is 0 Å². The van der Waals surface area contributed by atoms with Crippen molar-refractivity contribution in [2.45, 2.75) is 172 Å². The molecule has 3 heterocycles. The highest BCUT2D eigenvalue weighted by Crippen LogP contribution is 2.42. The van der Waals surface area contributed by atoms with Crippen LogP contribution in [0.25, 0.3) is 0 Å². The van der Waals surface area contributed by atoms with Crippen molar-refractivity contribution in [3.05, 3.63) is 0 Å². The van der Waals surface area contributed by atoms with Gasteiger partial charge in [0.05, 0.1) is 47.6 Å². The first kappa shape index (κ1) is 41.2. The highest BCUT2D eigenvalue weighted by molar-refractivity contribution is 5.83. The highest BCUT2D eigenvalue weighted by Gasteiger charge is 2.53. The molecule has 13 heteroatoms. The third kappa shape index (κ3) is 8.60. The Balaban J connectivity index is 2.17. The van der Waals surface area contributed by atoms with Gasteiger partial charge in [0, 0.05) is 37.3 Å². The molecule has 13 nitrogen and oxygen atoms in total. The summed E-state index contributed by atoms with van der Waals surface area (Å²) in [5, 5.41) is 60.3. The maximum atomic E-state index is 14.0. The first-order valence-corrected chi connectivity index (χ1v) is 17.6. The van der Waals surface area contributed by atoms with Gasteiger partial charge in [-0.3, -0.25) is 9.59 Å². The van der Waals surface area contributed by atoms with Gasteiger partial charge in [-0.15, -0.1) is 0 Å². The average Bonchev–Trinajstić information content (AvgIpc) is 3.02. The highest BCUT2D eigenvalue weighted by atomic mass is 16.7. The minimum absolute atomic E-state index is 0.00793. The minimum atomic E-state index is -1.96. The van der Waals surface area contributed by atoms with Crippen LogP contribution in [0.5, 0.6) is 0 Å². The normalized spacial score (nSPS) is 50.4. The third-order valence-corrected chi connectivity index (χ3v) is 11.5. The van der Waals surface area contributed by atoms with Gasteiger partial charge in [-0.1, -0.05) is 27.7 Å². The Bertz CT molecular complexity index is 1090. The van der Waals surface area contributed by atoms with Crippen LogP contribution in [-0.2, 0) is 33.3 Å². The van der Waals surface area contributed by atoms with Gasteiger partial charge in [-0.2, -0.15) is 0 Å². The van der Waals surface area contributed by atoms with E-state index in [1.807, 2.05) is 6.92 Å². The van der Waals surface area contributed by atoms with E-state index < -0.39 is 101 Å². The van der Waals surface area contributed by atoms with Crippen LogP contribution in [0.4, 0.5) is 0 Å². The molecule has 0 bridgehead atoms. The van der Waals surface area contributed by atoms with E-state index >= 15 is 0 Å². The van der Waals surface area contributed by atoms with Gasteiger partial charge >= 0.3 is 5.97 Å². The van der Waals surface area contributed by atoms with Crippen molar-refractivity contribution in [1.82, 2.24) is 5.32 Å². The maximum Gasteiger partial charge on any atom is 0.309 e. The molecule has 3 rings (SSSR count). The van der Waals surface area contributed by atoms with Crippen molar-refractivity contribution < 1.29 is 58.8 Å². The summed E-state index contributed by atoms with van der Waals surface area (Å²) < 4.78 is 30.6. The Kier molecular flexibility index (Phi) is 13.7. The van der Waals surface area contributed by atoms with Crippen LogP contribution in [0.3, 0.4) is 0 Å². The van der Waals surface area contributed by atoms with Crippen molar-refractivity contribution in [3.63, 3.8) is 0 Å². The summed E-state index contributed by atoms with van der Waals surface area (Å²) in [6.45, 7) is 14.8. The van der Waals surface area contributed by atoms with Crippen LogP contribution in [0.2, 0.25) is 0 Å². The van der Waals surface area contributed by atoms with Crippen molar-refractivity contribution >= 4 is 11.8 Å². The van der Waals surface area contributed by atoms with E-state index in [-0.39, 0.29) is 37.8 Å². The number of ether oxygens (including phenoxy) is 5. The van der Waals surface area contributed by atoms with Gasteiger partial charge in [0.15, 0.2) is 6.29 Å². The molecule has 0 aromatic heterocycles. The predicted molar refractivity (Wildman–Crippen MR) is 176 cm³/mol. The monoisotopic (exact) mass is 689 g/mol. The van der Waals surface area contributed by atoms with E-state index in [9.17, 15) is 35.1 Å². The molecule has 3 aliphatic heterocycles. The topological polar surface area (TPSA) is 193 Å². The van der Waals surface area contributed by atoms with E-state index in [0.29, 0.717) is 6.42 Å². The quantitative estimate of drug-likeness (QED) is 0.220. The van der Waals surface area contributed by atoms with Crippen molar-refractivity contribution in [3.8, 4) is 0 Å². The number of methoxy groups -OCH3 is 1. The molecule has 0 spiro atoms. The van der Waals surface area contributed by atoms with Gasteiger partial charge in [0.1, 0.15) is 29.7 Å². The second-order valence-electron chi connectivity index (χ2n) is 15.5. The molecular weight excluding hydrogens is 626 g/mol. The molecule has 6 N–H and O–H groups in total. The standard InChI is InChI=1S/C35H63NO12/c1-12-25-35(9,43)29(39)20(5)27(37)17(2)15-33(7,42)26(48-32-28(38)23(36-10)13-18(3)45-32)14-22(19(4)31(41)47-25)24-16-34(8,44-11)30(40)21(6)46-24/h17-26,28-30,32,36,38-40,42-43H,12-16H2,1-11H3/t17-,18-,19-,20+,21+,22+,23+,24?,25-,26-,28-,29-,30+,32+,33-,34-,35-/m1/s1. The summed E-state index contributed by atoms with van der Waals surface area (Å²) in [7, 11) is 3.23. The Morgan fingerprint density at radius 2 is 1.54 bits per heavy atom. The van der Waals surface area contributed by atoms with Gasteiger partial charge in [0.25, 0.3) is 0 Å². The second-order valence-corrected chi connectivity index (χ2v) is 15.5. The number of esters is 1. The molecule has 0 amide bonds. The number of carbonyl (C=O) groups excluding carboxylic acids is 2. The summed E-state index contributed by atoms with van der Waals surface area (Å²) in [6, 6.07) is -0.347. The van der Waals surface area contributed by atoms with Gasteiger partial charge < -0.3 is 54.5 Å². The van der Waals surface area contributed by atoms with Crippen LogP contribution >= 0.6 is 0 Å². The molecule has 48 heavy (non-hydrogen) atoms. The van der Waals surface area contributed by atoms with Crippen LogP contribution < -0.4 is 5.32 Å². The Morgan fingerprint density at radius 3 is 2.10 bits per heavy atom. The Morgan fingerprint density at radius 1 is 0.917 bits per heavy atom. The maximum absolute atomic E-state index is 14.0. The Labute approximate surface area is 286 Å². The van der Waals surface area contributed by atoms with Crippen LogP contribution in [-0.4, -0.2) is 129 Å². The van der Waals surface area contributed by atoms with E-state index in [2.05, 4.69) is 5.32 Å². The molecule has 17 atom stereocenters. The van der Waals surface area contributed by atoms with E-state index in [0.717, 1.165) is 0 Å². The number of hydrogen-bond donors (Lipinski definition) is 6. The summed E-state index contributed by atoms with van der Waals surface area (Å²) >= 11 is 0. The molecular formula is C35H63NO12. The second kappa shape index (κ2) is 16.0. The summed E-state index contributed by atoms with van der Waals surface area (Å²) in [5.41, 5.74) is -4.71. The van der Waals surface area contributed by atoms with Crippen molar-refractivity contribution in [2.24, 2.45) is 23.7 Å². The Hall–Kier alpha value is -1.26. The lowest BCUT2D eigenvalue weighted by Crippen LogP contribution is -2.60. The number of aliphatic hydroxyl groups is 5. The lowest BCUT2D eigenvalue weighted by molar-refractivity contribution is -0.288. The predicted octanol–water partition coefficient (Wildman–Crippen LogP) is 1.47. The molecule has 0 aromatic rings. The number of aliphatic hydroxyl groups excluding tert-OH is 3. The zero-order chi connectivity index (χ0) is 36.5. The van der Waals surface area contributed by atoms with Crippen LogP contribution in [0.1, 0.15) is 94.4 Å². The molecule has 1 unspecified atom stereocenters. The lowest BCUT2D eigenvalue weighted by Gasteiger charge is -2.49. The molecule has 0 saturated carbocycles. The summed E-state index contributed by atoms with van der Waals surface area (Å²) in [4.78, 5) is 27.7. The van der Waals surface area contributed by atoms with Crippen LogP contribution in [0, 0.1) is 23.7 Å². The van der Waals surface area contributed by atoms with Gasteiger partial charge in [0.2, 0.25) is 0 Å². The molecule has 0 radical (unpaired) electrons. The number of Topliss-reactive ketones (excluding diaryl/α,β-unsaturated/α-hetero) is 1. The summed E-state index contributed by atoms with van der Waals surface area (Å²) in [5.74, 6) is -4.52. The molecule has 3 fully saturated rings. The zero-order valence-corrected chi connectivity index (χ0v) is 30.7. The number of nitrogens with one attached hydrogen (secondary N) is 1.